The first kappa shape index (κ1) is 14.9. The topological polar surface area (TPSA) is 29.5 Å². The van der Waals surface area contributed by atoms with E-state index in [-0.39, 0.29) is 10.8 Å². The third-order valence-electron chi connectivity index (χ3n) is 2.98. The third-order valence-corrected chi connectivity index (χ3v) is 2.98. The van der Waals surface area contributed by atoms with E-state index in [1.165, 1.54) is 0 Å². The van der Waals surface area contributed by atoms with Crippen LogP contribution >= 0.6 is 0 Å². The highest BCUT2D eigenvalue weighted by Crippen LogP contribution is 2.42. The number of hydrogen-bond donors (Lipinski definition) is 1. The molecule has 102 valence electrons. The fraction of sp³-hybridized carbons (Fsp3) is 0.625. The molecule has 0 aliphatic carbocycles. The van der Waals surface area contributed by atoms with Gasteiger partial charge in [-0.1, -0.05) is 41.5 Å². The fourth-order valence-electron chi connectivity index (χ4n) is 2.03. The van der Waals surface area contributed by atoms with Gasteiger partial charge in [0.1, 0.15) is 11.5 Å². The summed E-state index contributed by atoms with van der Waals surface area (Å²) in [7, 11) is 0. The van der Waals surface area contributed by atoms with Crippen LogP contribution in [0, 0.1) is 0 Å². The van der Waals surface area contributed by atoms with Gasteiger partial charge in [0.2, 0.25) is 0 Å². The molecular formula is C16H26O2. The molecule has 2 nitrogen and oxygen atoms in total. The summed E-state index contributed by atoms with van der Waals surface area (Å²) in [6, 6.07) is 3.64. The van der Waals surface area contributed by atoms with Gasteiger partial charge >= 0.3 is 0 Å². The van der Waals surface area contributed by atoms with E-state index in [4.69, 9.17) is 4.74 Å². The van der Waals surface area contributed by atoms with E-state index in [1.54, 1.807) is 0 Å². The maximum atomic E-state index is 9.96. The molecule has 0 atom stereocenters. The van der Waals surface area contributed by atoms with Crippen molar-refractivity contribution in [1.82, 2.24) is 0 Å². The van der Waals surface area contributed by atoms with Gasteiger partial charge in [0.25, 0.3) is 0 Å². The summed E-state index contributed by atoms with van der Waals surface area (Å²) in [6.07, 6.45) is 0. The molecule has 0 amide bonds. The van der Waals surface area contributed by atoms with Crippen molar-refractivity contribution in [2.75, 3.05) is 6.61 Å². The number of benzene rings is 1. The van der Waals surface area contributed by atoms with Crippen LogP contribution in [0.3, 0.4) is 0 Å². The largest absolute Gasteiger partial charge is 0.508 e. The number of phenolic OH excluding ortho intramolecular Hbond substituents is 1. The lowest BCUT2D eigenvalue weighted by Crippen LogP contribution is -2.19. The van der Waals surface area contributed by atoms with E-state index >= 15 is 0 Å². The molecule has 2 heteroatoms. The predicted octanol–water partition coefficient (Wildman–Crippen LogP) is 4.39. The molecule has 0 fully saturated rings. The van der Waals surface area contributed by atoms with E-state index in [2.05, 4.69) is 41.5 Å². The zero-order valence-electron chi connectivity index (χ0n) is 12.7. The quantitative estimate of drug-likeness (QED) is 0.843. The van der Waals surface area contributed by atoms with Crippen molar-refractivity contribution in [3.63, 3.8) is 0 Å². The smallest absolute Gasteiger partial charge is 0.126 e. The van der Waals surface area contributed by atoms with Crippen LogP contribution in [0.5, 0.6) is 11.5 Å². The zero-order chi connectivity index (χ0) is 14.1. The Balaban J connectivity index is 3.56. The monoisotopic (exact) mass is 250 g/mol. The summed E-state index contributed by atoms with van der Waals surface area (Å²) in [5, 5.41) is 9.96. The highest BCUT2D eigenvalue weighted by Gasteiger charge is 2.27. The lowest BCUT2D eigenvalue weighted by molar-refractivity contribution is 0.318. The maximum absolute atomic E-state index is 9.96. The molecule has 0 unspecified atom stereocenters. The lowest BCUT2D eigenvalue weighted by Gasteiger charge is -2.29. The Bertz CT molecular complexity index is 385. The van der Waals surface area contributed by atoms with Crippen LogP contribution < -0.4 is 4.74 Å². The van der Waals surface area contributed by atoms with Crippen LogP contribution in [-0.2, 0) is 10.8 Å². The molecule has 0 radical (unpaired) electrons. The summed E-state index contributed by atoms with van der Waals surface area (Å²) in [6.45, 7) is 15.4. The van der Waals surface area contributed by atoms with E-state index in [0.717, 1.165) is 16.9 Å². The third kappa shape index (κ3) is 3.18. The molecule has 0 heterocycles. The Labute approximate surface area is 111 Å². The lowest BCUT2D eigenvalue weighted by atomic mass is 9.79. The average Bonchev–Trinajstić information content (AvgIpc) is 2.17. The van der Waals surface area contributed by atoms with Gasteiger partial charge in [-0.05, 0) is 29.9 Å². The Morgan fingerprint density at radius 3 is 1.61 bits per heavy atom. The molecule has 0 aliphatic rings. The van der Waals surface area contributed by atoms with Gasteiger partial charge in [0.15, 0.2) is 0 Å². The molecule has 1 N–H and O–H groups in total. The van der Waals surface area contributed by atoms with Crippen LogP contribution in [-0.4, -0.2) is 11.7 Å². The van der Waals surface area contributed by atoms with Crippen molar-refractivity contribution in [3.8, 4) is 11.5 Å². The Hall–Kier alpha value is -1.18. The number of aromatic hydroxyl groups is 1. The Morgan fingerprint density at radius 2 is 1.33 bits per heavy atom. The van der Waals surface area contributed by atoms with Crippen LogP contribution in [0.4, 0.5) is 0 Å². The van der Waals surface area contributed by atoms with Gasteiger partial charge in [0, 0.05) is 11.1 Å². The van der Waals surface area contributed by atoms with Crippen LogP contribution in [0.1, 0.15) is 59.6 Å². The molecule has 0 aromatic heterocycles. The molecule has 0 bridgehead atoms. The van der Waals surface area contributed by atoms with Crippen molar-refractivity contribution in [1.29, 1.82) is 0 Å². The zero-order valence-corrected chi connectivity index (χ0v) is 12.7. The van der Waals surface area contributed by atoms with Crippen molar-refractivity contribution >= 4 is 0 Å². The summed E-state index contributed by atoms with van der Waals surface area (Å²) >= 11 is 0. The average molecular weight is 250 g/mol. The predicted molar refractivity (Wildman–Crippen MR) is 76.7 cm³/mol. The minimum Gasteiger partial charge on any atom is -0.508 e. The minimum atomic E-state index is -0.0523. The van der Waals surface area contributed by atoms with Crippen LogP contribution in [0.25, 0.3) is 0 Å². The van der Waals surface area contributed by atoms with Gasteiger partial charge in [-0.2, -0.15) is 0 Å². The Kier molecular flexibility index (Phi) is 3.99. The molecule has 18 heavy (non-hydrogen) atoms. The summed E-state index contributed by atoms with van der Waals surface area (Å²) in [5.41, 5.74) is 2.02. The van der Waals surface area contributed by atoms with Gasteiger partial charge in [-0.15, -0.1) is 0 Å². The molecule has 1 aromatic rings. The van der Waals surface area contributed by atoms with Crippen molar-refractivity contribution in [3.05, 3.63) is 23.3 Å². The first-order valence-corrected chi connectivity index (χ1v) is 6.58. The Morgan fingerprint density at radius 1 is 0.944 bits per heavy atom. The molecule has 0 saturated carbocycles. The number of hydrogen-bond acceptors (Lipinski definition) is 2. The molecule has 0 aliphatic heterocycles. The summed E-state index contributed by atoms with van der Waals surface area (Å²) < 4.78 is 5.87. The second kappa shape index (κ2) is 4.83. The SMILES string of the molecule is CCOc1c(C(C)(C)C)cc(O)cc1C(C)(C)C. The first-order valence-electron chi connectivity index (χ1n) is 6.58. The maximum Gasteiger partial charge on any atom is 0.126 e. The van der Waals surface area contributed by atoms with Crippen LogP contribution in [0.2, 0.25) is 0 Å². The van der Waals surface area contributed by atoms with Crippen molar-refractivity contribution in [2.24, 2.45) is 0 Å². The van der Waals surface area contributed by atoms with Crippen molar-refractivity contribution in [2.45, 2.75) is 59.3 Å². The minimum absolute atomic E-state index is 0.0523. The first-order chi connectivity index (χ1) is 8.07. The van der Waals surface area contributed by atoms with Gasteiger partial charge in [0.05, 0.1) is 6.61 Å². The number of rotatable bonds is 2. The second-order valence-electron chi connectivity index (χ2n) is 6.80. The second-order valence-corrected chi connectivity index (χ2v) is 6.80. The van der Waals surface area contributed by atoms with Gasteiger partial charge in [-0.3, -0.25) is 0 Å². The normalized spacial score (nSPS) is 12.6. The van der Waals surface area contributed by atoms with E-state index in [0.29, 0.717) is 12.4 Å². The highest BCUT2D eigenvalue weighted by molar-refractivity contribution is 5.52. The van der Waals surface area contributed by atoms with E-state index in [9.17, 15) is 5.11 Å². The van der Waals surface area contributed by atoms with Gasteiger partial charge < -0.3 is 9.84 Å². The number of ether oxygens (including phenoxy) is 1. The summed E-state index contributed by atoms with van der Waals surface area (Å²) in [4.78, 5) is 0. The summed E-state index contributed by atoms with van der Waals surface area (Å²) in [5.74, 6) is 1.24. The van der Waals surface area contributed by atoms with Crippen molar-refractivity contribution < 1.29 is 9.84 Å². The highest BCUT2D eigenvalue weighted by atomic mass is 16.5. The molecular weight excluding hydrogens is 224 g/mol. The molecule has 0 saturated heterocycles. The van der Waals surface area contributed by atoms with E-state index in [1.807, 2.05) is 19.1 Å². The van der Waals surface area contributed by atoms with Crippen LogP contribution in [0.15, 0.2) is 12.1 Å². The molecule has 1 rings (SSSR count). The van der Waals surface area contributed by atoms with E-state index < -0.39 is 0 Å². The molecule has 0 spiro atoms. The fourth-order valence-corrected chi connectivity index (χ4v) is 2.03. The van der Waals surface area contributed by atoms with Gasteiger partial charge in [-0.25, -0.2) is 0 Å². The molecule has 1 aromatic carbocycles. The standard InChI is InChI=1S/C16H26O2/c1-8-18-14-12(15(2,3)4)9-11(17)10-13(14)16(5,6)7/h9-10,17H,8H2,1-7H3. The number of phenols is 1.